The molecular formula is C22H20N2O4S. The Balaban J connectivity index is 1.85. The van der Waals surface area contributed by atoms with Crippen LogP contribution in [0.5, 0.6) is 11.5 Å². The molecule has 0 spiro atoms. The molecule has 6 nitrogen and oxygen atoms in total. The van der Waals surface area contributed by atoms with Gasteiger partial charge in [-0.1, -0.05) is 23.9 Å². The predicted octanol–water partition coefficient (Wildman–Crippen LogP) is 4.39. The minimum atomic E-state index is -0.447. The lowest BCUT2D eigenvalue weighted by Crippen LogP contribution is -2.36. The highest BCUT2D eigenvalue weighted by Crippen LogP contribution is 2.47. The molecule has 2 aromatic carbocycles. The number of amidine groups is 1. The molecule has 148 valence electrons. The SMILES string of the molecule is CCOC(=O)C1=C(C)N=C2SC=C(c3ccc(O)cc3)N2C1c1ccc(O)cc1. The van der Waals surface area contributed by atoms with Crippen molar-refractivity contribution in [1.82, 2.24) is 4.90 Å². The Morgan fingerprint density at radius 1 is 1.10 bits per heavy atom. The molecule has 2 aliphatic rings. The van der Waals surface area contributed by atoms with E-state index in [-0.39, 0.29) is 18.1 Å². The molecule has 2 aliphatic heterocycles. The zero-order chi connectivity index (χ0) is 20.5. The van der Waals surface area contributed by atoms with Gasteiger partial charge in [-0.2, -0.15) is 0 Å². The zero-order valence-corrected chi connectivity index (χ0v) is 16.8. The smallest absolute Gasteiger partial charge is 0.338 e. The van der Waals surface area contributed by atoms with Crippen LogP contribution in [0.25, 0.3) is 5.70 Å². The van der Waals surface area contributed by atoms with Gasteiger partial charge >= 0.3 is 5.97 Å². The van der Waals surface area contributed by atoms with Gasteiger partial charge < -0.3 is 19.8 Å². The van der Waals surface area contributed by atoms with Crippen molar-refractivity contribution in [3.05, 3.63) is 76.3 Å². The molecule has 4 rings (SSSR count). The van der Waals surface area contributed by atoms with Crippen molar-refractivity contribution in [1.29, 1.82) is 0 Å². The molecule has 0 saturated carbocycles. The highest BCUT2D eigenvalue weighted by atomic mass is 32.2. The van der Waals surface area contributed by atoms with E-state index in [9.17, 15) is 15.0 Å². The van der Waals surface area contributed by atoms with Crippen LogP contribution < -0.4 is 0 Å². The summed E-state index contributed by atoms with van der Waals surface area (Å²) in [6.45, 7) is 3.85. The van der Waals surface area contributed by atoms with Crippen LogP contribution in [-0.4, -0.2) is 32.9 Å². The first-order valence-corrected chi connectivity index (χ1v) is 10.1. The third-order valence-electron chi connectivity index (χ3n) is 4.79. The summed E-state index contributed by atoms with van der Waals surface area (Å²) in [5.41, 5.74) is 3.69. The average Bonchev–Trinajstić information content (AvgIpc) is 3.11. The van der Waals surface area contributed by atoms with Gasteiger partial charge in [0.2, 0.25) is 0 Å². The molecule has 0 bridgehead atoms. The fraction of sp³-hybridized carbons (Fsp3) is 0.182. The summed E-state index contributed by atoms with van der Waals surface area (Å²) in [7, 11) is 0. The number of rotatable bonds is 4. The van der Waals surface area contributed by atoms with Gasteiger partial charge in [0.1, 0.15) is 11.5 Å². The maximum absolute atomic E-state index is 12.9. The molecule has 0 saturated heterocycles. The molecule has 0 fully saturated rings. The number of esters is 1. The van der Waals surface area contributed by atoms with Gasteiger partial charge in [0.05, 0.1) is 29.6 Å². The number of hydrogen-bond acceptors (Lipinski definition) is 7. The van der Waals surface area contributed by atoms with E-state index in [1.165, 1.54) is 11.8 Å². The van der Waals surface area contributed by atoms with Crippen LogP contribution in [0, 0.1) is 0 Å². The fourth-order valence-corrected chi connectivity index (χ4v) is 4.44. The number of aliphatic imine (C=N–C) groups is 1. The van der Waals surface area contributed by atoms with Gasteiger partial charge in [-0.05, 0) is 61.4 Å². The molecule has 0 amide bonds. The second kappa shape index (κ2) is 7.67. The second-order valence-corrected chi connectivity index (χ2v) is 7.48. The largest absolute Gasteiger partial charge is 0.508 e. The quantitative estimate of drug-likeness (QED) is 0.730. The van der Waals surface area contributed by atoms with Gasteiger partial charge in [-0.25, -0.2) is 9.79 Å². The third kappa shape index (κ3) is 3.49. The first kappa shape index (κ1) is 19.1. The van der Waals surface area contributed by atoms with E-state index in [1.54, 1.807) is 43.3 Å². The summed E-state index contributed by atoms with van der Waals surface area (Å²) in [4.78, 5) is 19.5. The van der Waals surface area contributed by atoms with Crippen LogP contribution in [0.15, 0.2) is 70.2 Å². The number of ether oxygens (including phenoxy) is 1. The van der Waals surface area contributed by atoms with Crippen LogP contribution in [0.2, 0.25) is 0 Å². The van der Waals surface area contributed by atoms with Crippen LogP contribution in [0.3, 0.4) is 0 Å². The van der Waals surface area contributed by atoms with Crippen molar-refractivity contribution in [2.75, 3.05) is 6.61 Å². The summed E-state index contributed by atoms with van der Waals surface area (Å²) in [6, 6.07) is 13.3. The lowest BCUT2D eigenvalue weighted by molar-refractivity contribution is -0.139. The molecule has 2 heterocycles. The standard InChI is InChI=1S/C22H20N2O4S/c1-3-28-21(27)19-13(2)23-22-24(20(19)15-6-10-17(26)11-7-15)18(12-29-22)14-4-8-16(25)9-5-14/h4-12,20,25-26H,3H2,1-2H3. The second-order valence-electron chi connectivity index (χ2n) is 6.65. The molecule has 0 aromatic heterocycles. The summed E-state index contributed by atoms with van der Waals surface area (Å²) in [5, 5.41) is 22.1. The maximum atomic E-state index is 12.9. The van der Waals surface area contributed by atoms with Crippen molar-refractivity contribution >= 4 is 28.6 Å². The van der Waals surface area contributed by atoms with Crippen LogP contribution in [0.4, 0.5) is 0 Å². The Labute approximate surface area is 172 Å². The van der Waals surface area contributed by atoms with Crippen molar-refractivity contribution < 1.29 is 19.7 Å². The number of carbonyl (C=O) groups excluding carboxylic acids is 1. The van der Waals surface area contributed by atoms with Gasteiger partial charge in [0.25, 0.3) is 0 Å². The Kier molecular flexibility index (Phi) is 5.07. The van der Waals surface area contributed by atoms with Crippen molar-refractivity contribution in [3.63, 3.8) is 0 Å². The predicted molar refractivity (Wildman–Crippen MR) is 113 cm³/mol. The van der Waals surface area contributed by atoms with E-state index >= 15 is 0 Å². The summed E-state index contributed by atoms with van der Waals surface area (Å²) >= 11 is 1.48. The molecule has 0 radical (unpaired) electrons. The summed E-state index contributed by atoms with van der Waals surface area (Å²) in [5.74, 6) is -0.0691. The van der Waals surface area contributed by atoms with E-state index in [4.69, 9.17) is 4.74 Å². The summed E-state index contributed by atoms with van der Waals surface area (Å²) in [6.07, 6.45) is 0. The van der Waals surface area contributed by atoms with Crippen molar-refractivity contribution in [2.24, 2.45) is 4.99 Å². The first-order chi connectivity index (χ1) is 14.0. The number of fused-ring (bicyclic) bond motifs is 1. The number of phenolic OH excluding ortho intramolecular Hbond substituents is 2. The number of carbonyl (C=O) groups is 1. The number of hydrogen-bond donors (Lipinski definition) is 2. The van der Waals surface area contributed by atoms with Crippen LogP contribution in [0.1, 0.15) is 31.0 Å². The van der Waals surface area contributed by atoms with Crippen molar-refractivity contribution in [2.45, 2.75) is 19.9 Å². The molecule has 0 aliphatic carbocycles. The number of thioether (sulfide) groups is 1. The molecule has 7 heteroatoms. The Morgan fingerprint density at radius 3 is 2.34 bits per heavy atom. The lowest BCUT2D eigenvalue weighted by atomic mass is 9.93. The number of allylic oxidation sites excluding steroid dienone is 1. The Morgan fingerprint density at radius 2 is 1.72 bits per heavy atom. The zero-order valence-electron chi connectivity index (χ0n) is 16.0. The van der Waals surface area contributed by atoms with E-state index in [0.717, 1.165) is 22.0 Å². The topological polar surface area (TPSA) is 82.4 Å². The molecule has 2 aromatic rings. The van der Waals surface area contributed by atoms with E-state index in [0.29, 0.717) is 11.3 Å². The number of nitrogens with zero attached hydrogens (tertiary/aromatic N) is 2. The fourth-order valence-electron chi connectivity index (χ4n) is 3.47. The van der Waals surface area contributed by atoms with E-state index in [1.807, 2.05) is 29.4 Å². The van der Waals surface area contributed by atoms with E-state index < -0.39 is 12.0 Å². The highest BCUT2D eigenvalue weighted by Gasteiger charge is 2.41. The number of benzene rings is 2. The minimum Gasteiger partial charge on any atom is -0.508 e. The van der Waals surface area contributed by atoms with Gasteiger partial charge in [0.15, 0.2) is 5.17 Å². The lowest BCUT2D eigenvalue weighted by Gasteiger charge is -2.36. The average molecular weight is 408 g/mol. The number of aromatic hydroxyl groups is 2. The van der Waals surface area contributed by atoms with Gasteiger partial charge in [-0.3, -0.25) is 0 Å². The van der Waals surface area contributed by atoms with Gasteiger partial charge in [-0.15, -0.1) is 0 Å². The van der Waals surface area contributed by atoms with Crippen LogP contribution in [-0.2, 0) is 9.53 Å². The first-order valence-electron chi connectivity index (χ1n) is 9.20. The monoisotopic (exact) mass is 408 g/mol. The highest BCUT2D eigenvalue weighted by molar-refractivity contribution is 8.16. The normalized spacial score (nSPS) is 18.3. The van der Waals surface area contributed by atoms with Gasteiger partial charge in [0, 0.05) is 5.41 Å². The minimum absolute atomic E-state index is 0.155. The maximum Gasteiger partial charge on any atom is 0.338 e. The molecular weight excluding hydrogens is 388 g/mol. The number of phenols is 2. The Hall–Kier alpha value is -3.19. The van der Waals surface area contributed by atoms with Crippen molar-refractivity contribution in [3.8, 4) is 11.5 Å². The van der Waals surface area contributed by atoms with Crippen LogP contribution >= 0.6 is 11.8 Å². The molecule has 29 heavy (non-hydrogen) atoms. The molecule has 2 N–H and O–H groups in total. The molecule has 1 atom stereocenters. The van der Waals surface area contributed by atoms with E-state index in [2.05, 4.69) is 4.99 Å². The summed E-state index contributed by atoms with van der Waals surface area (Å²) < 4.78 is 5.33. The Bertz CT molecular complexity index is 1040. The third-order valence-corrected chi connectivity index (χ3v) is 5.63. The molecule has 1 unspecified atom stereocenters.